The van der Waals surface area contributed by atoms with Crippen LogP contribution in [0.3, 0.4) is 0 Å². The summed E-state index contributed by atoms with van der Waals surface area (Å²) in [6, 6.07) is 10.7. The first-order valence-electron chi connectivity index (χ1n) is 7.71. The molecule has 0 spiro atoms. The van der Waals surface area contributed by atoms with Crippen LogP contribution >= 0.6 is 23.8 Å². The third kappa shape index (κ3) is 2.82. The molecule has 8 heteroatoms. The quantitative estimate of drug-likeness (QED) is 0.288. The Morgan fingerprint density at radius 1 is 1.15 bits per heavy atom. The van der Waals surface area contributed by atoms with Gasteiger partial charge in [-0.3, -0.25) is 4.79 Å². The van der Waals surface area contributed by atoms with Crippen molar-refractivity contribution in [1.82, 2.24) is 0 Å². The number of benzene rings is 3. The highest BCUT2D eigenvalue weighted by Crippen LogP contribution is 2.48. The molecule has 0 saturated heterocycles. The fraction of sp³-hybridized carbons (Fsp3) is 0.167. The van der Waals surface area contributed by atoms with Crippen molar-refractivity contribution in [3.63, 3.8) is 0 Å². The van der Waals surface area contributed by atoms with Crippen molar-refractivity contribution in [2.45, 2.75) is 23.7 Å². The first kappa shape index (κ1) is 17.5. The van der Waals surface area contributed by atoms with Crippen molar-refractivity contribution in [1.29, 1.82) is 0 Å². The Hall–Kier alpha value is -1.90. The average Bonchev–Trinajstić information content (AvgIpc) is 2.99. The Balaban J connectivity index is 1.93. The standard InChI is InChI=1S/C18H11F3O3S2/c1-2-9-3-4-10-8-13-14(23-26-18(19,20)24-21)6-5-11-15(13)16(12(10)7-9)25-17(11)22/h3-8H,2H2,1H3. The number of halogens is 3. The second-order valence-electron chi connectivity index (χ2n) is 5.75. The molecule has 3 aromatic carbocycles. The molecule has 0 radical (unpaired) electrons. The molecule has 3 nitrogen and oxygen atoms in total. The maximum Gasteiger partial charge on any atom is 0.474 e. The average molecular weight is 396 g/mol. The Kier molecular flexibility index (Phi) is 4.29. The van der Waals surface area contributed by atoms with Crippen molar-refractivity contribution < 1.29 is 27.2 Å². The number of fused-ring (bicyclic) bond motifs is 2. The topological polar surface area (TPSA) is 35.5 Å². The van der Waals surface area contributed by atoms with Gasteiger partial charge in [-0.15, -0.1) is 4.94 Å². The van der Waals surface area contributed by atoms with Gasteiger partial charge in [-0.05, 0) is 57.2 Å². The van der Waals surface area contributed by atoms with Gasteiger partial charge in [-0.1, -0.05) is 25.1 Å². The molecule has 0 fully saturated rings. The predicted molar refractivity (Wildman–Crippen MR) is 96.4 cm³/mol. The lowest BCUT2D eigenvalue weighted by Crippen LogP contribution is -2.12. The summed E-state index contributed by atoms with van der Waals surface area (Å²) in [5.41, 5.74) is -2.47. The molecule has 0 N–H and O–H groups in total. The van der Waals surface area contributed by atoms with E-state index in [1.165, 1.54) is 12.1 Å². The van der Waals surface area contributed by atoms with E-state index in [0.29, 0.717) is 16.3 Å². The molecule has 0 unspecified atom stereocenters. The minimum Gasteiger partial charge on any atom is -0.417 e. The minimum atomic E-state index is -4.12. The highest BCUT2D eigenvalue weighted by Gasteiger charge is 2.36. The molecular formula is C18H11F3O3S2. The molecule has 0 atom stereocenters. The van der Waals surface area contributed by atoms with Crippen LogP contribution in [0, 0.1) is 0 Å². The summed E-state index contributed by atoms with van der Waals surface area (Å²) in [6.45, 7) is 2.04. The van der Waals surface area contributed by atoms with Crippen molar-refractivity contribution in [2.24, 2.45) is 0 Å². The van der Waals surface area contributed by atoms with Crippen molar-refractivity contribution in [3.05, 3.63) is 47.5 Å². The molecule has 134 valence electrons. The summed E-state index contributed by atoms with van der Waals surface area (Å²) in [6.07, 6.45) is 0.858. The zero-order valence-electron chi connectivity index (χ0n) is 13.3. The van der Waals surface area contributed by atoms with Crippen LogP contribution in [0.15, 0.2) is 41.3 Å². The van der Waals surface area contributed by atoms with Crippen molar-refractivity contribution >= 4 is 50.5 Å². The second-order valence-corrected chi connectivity index (χ2v) is 7.54. The summed E-state index contributed by atoms with van der Waals surface area (Å²) in [5, 5.41) is 2.90. The van der Waals surface area contributed by atoms with Gasteiger partial charge in [0.05, 0.1) is 0 Å². The summed E-state index contributed by atoms with van der Waals surface area (Å²) in [4.78, 5) is 15.7. The van der Waals surface area contributed by atoms with Gasteiger partial charge in [0.15, 0.2) is 12.0 Å². The Labute approximate surface area is 154 Å². The Morgan fingerprint density at radius 3 is 2.69 bits per heavy atom. The summed E-state index contributed by atoms with van der Waals surface area (Å²) < 4.78 is 42.9. The summed E-state index contributed by atoms with van der Waals surface area (Å²) >= 11 is 0.690. The minimum absolute atomic E-state index is 0.101. The lowest BCUT2D eigenvalue weighted by Gasteiger charge is -2.13. The van der Waals surface area contributed by atoms with Gasteiger partial charge < -0.3 is 4.18 Å². The second kappa shape index (κ2) is 6.37. The molecular weight excluding hydrogens is 385 g/mol. The van der Waals surface area contributed by atoms with E-state index >= 15 is 0 Å². The van der Waals surface area contributed by atoms with E-state index in [1.54, 1.807) is 6.07 Å². The fourth-order valence-corrected chi connectivity index (χ4v) is 4.46. The normalized spacial score (nSPS) is 13.8. The maximum absolute atomic E-state index is 13.0. The van der Waals surface area contributed by atoms with Crippen LogP contribution in [0.25, 0.3) is 21.5 Å². The van der Waals surface area contributed by atoms with Gasteiger partial charge in [0.2, 0.25) is 5.12 Å². The van der Waals surface area contributed by atoms with E-state index in [9.17, 15) is 18.1 Å². The number of thioether (sulfide) groups is 1. The summed E-state index contributed by atoms with van der Waals surface area (Å²) in [7, 11) is 0. The van der Waals surface area contributed by atoms with E-state index in [4.69, 9.17) is 4.18 Å². The van der Waals surface area contributed by atoms with Gasteiger partial charge >= 0.3 is 5.44 Å². The number of rotatable bonds is 5. The molecule has 0 bridgehead atoms. The van der Waals surface area contributed by atoms with Crippen LogP contribution in [-0.2, 0) is 11.4 Å². The molecule has 3 aromatic rings. The largest absolute Gasteiger partial charge is 0.474 e. The van der Waals surface area contributed by atoms with Crippen LogP contribution in [0.1, 0.15) is 22.8 Å². The van der Waals surface area contributed by atoms with Gasteiger partial charge in [0.1, 0.15) is 5.75 Å². The third-order valence-electron chi connectivity index (χ3n) is 4.24. The third-order valence-corrected chi connectivity index (χ3v) is 5.79. The molecule has 26 heavy (non-hydrogen) atoms. The molecule has 4 rings (SSSR count). The lowest BCUT2D eigenvalue weighted by molar-refractivity contribution is -0.302. The van der Waals surface area contributed by atoms with Gasteiger partial charge in [-0.2, -0.15) is 8.78 Å². The van der Waals surface area contributed by atoms with Crippen LogP contribution in [0.5, 0.6) is 5.75 Å². The van der Waals surface area contributed by atoms with Crippen molar-refractivity contribution in [2.75, 3.05) is 0 Å². The smallest absolute Gasteiger partial charge is 0.417 e. The van der Waals surface area contributed by atoms with Gasteiger partial charge in [-0.25, -0.2) is 0 Å². The number of aryl methyl sites for hydroxylation is 1. The zero-order valence-corrected chi connectivity index (χ0v) is 15.0. The number of carbonyl (C=O) groups excluding carboxylic acids is 1. The van der Waals surface area contributed by atoms with E-state index in [-0.39, 0.29) is 10.9 Å². The van der Waals surface area contributed by atoms with Crippen LogP contribution in [0.2, 0.25) is 0 Å². The molecule has 0 aromatic heterocycles. The number of hydrogen-bond acceptors (Lipinski definition) is 5. The fourth-order valence-electron chi connectivity index (χ4n) is 3.03. The summed E-state index contributed by atoms with van der Waals surface area (Å²) in [5.74, 6) is 0.114. The maximum atomic E-state index is 13.0. The number of carbonyl (C=O) groups is 1. The predicted octanol–water partition coefficient (Wildman–Crippen LogP) is 6.28. The van der Waals surface area contributed by atoms with Crippen LogP contribution in [0.4, 0.5) is 13.3 Å². The van der Waals surface area contributed by atoms with Gasteiger partial charge in [0.25, 0.3) is 0 Å². The zero-order chi connectivity index (χ0) is 18.5. The van der Waals surface area contributed by atoms with E-state index < -0.39 is 17.5 Å². The SMILES string of the molecule is CCc1ccc2cc3c(OSC(F)(F)OF)ccc4c3c(c2c1)SC4=O. The highest BCUT2D eigenvalue weighted by molar-refractivity contribution is 8.15. The Morgan fingerprint density at radius 2 is 1.96 bits per heavy atom. The number of hydrogen-bond donors (Lipinski definition) is 0. The van der Waals surface area contributed by atoms with Crippen LogP contribution < -0.4 is 4.18 Å². The molecule has 1 aliphatic heterocycles. The number of alkyl halides is 2. The highest BCUT2D eigenvalue weighted by atomic mass is 32.2. The first-order valence-corrected chi connectivity index (χ1v) is 9.27. The molecule has 1 heterocycles. The van der Waals surface area contributed by atoms with E-state index in [2.05, 4.69) is 4.94 Å². The molecule has 0 amide bonds. The van der Waals surface area contributed by atoms with E-state index in [0.717, 1.165) is 39.4 Å². The Bertz CT molecular complexity index is 1050. The molecule has 0 aliphatic carbocycles. The van der Waals surface area contributed by atoms with Gasteiger partial charge in [0, 0.05) is 21.2 Å². The molecule has 1 aliphatic rings. The lowest BCUT2D eigenvalue weighted by atomic mass is 9.98. The first-order chi connectivity index (χ1) is 12.4. The van der Waals surface area contributed by atoms with E-state index in [1.807, 2.05) is 25.1 Å². The van der Waals surface area contributed by atoms with Crippen molar-refractivity contribution in [3.8, 4) is 5.75 Å². The van der Waals surface area contributed by atoms with Crippen LogP contribution in [-0.4, -0.2) is 10.6 Å². The monoisotopic (exact) mass is 396 g/mol. The molecule has 0 saturated carbocycles.